The molecule has 0 atom stereocenters. The van der Waals surface area contributed by atoms with Gasteiger partial charge >= 0.3 is 6.09 Å². The zero-order valence-electron chi connectivity index (χ0n) is 18.2. The quantitative estimate of drug-likeness (QED) is 0.601. The topological polar surface area (TPSA) is 79.9 Å². The number of carbonyl (C=O) groups excluding carboxylic acids is 2. The number of fused-ring (bicyclic) bond motifs is 1. The average Bonchev–Trinajstić information content (AvgIpc) is 2.73. The first kappa shape index (κ1) is 22.4. The van der Waals surface area contributed by atoms with Crippen molar-refractivity contribution in [2.24, 2.45) is 5.92 Å². The molecule has 0 aromatic heterocycles. The molecule has 0 saturated carbocycles. The van der Waals surface area contributed by atoms with E-state index in [9.17, 15) is 9.59 Å². The number of hydrogen-bond acceptors (Lipinski definition) is 5. The van der Waals surface area contributed by atoms with Crippen molar-refractivity contribution in [3.05, 3.63) is 23.8 Å². The second-order valence-electron chi connectivity index (χ2n) is 8.64. The molecule has 7 nitrogen and oxygen atoms in total. The number of nitrogens with zero attached hydrogens (tertiary/aromatic N) is 1. The van der Waals surface area contributed by atoms with Crippen LogP contribution in [0, 0.1) is 5.92 Å². The van der Waals surface area contributed by atoms with E-state index in [-0.39, 0.29) is 18.0 Å². The Balaban J connectivity index is 1.28. The Kier molecular flexibility index (Phi) is 8.37. The van der Waals surface area contributed by atoms with Crippen LogP contribution in [0.25, 0.3) is 0 Å². The Labute approximate surface area is 179 Å². The minimum atomic E-state index is -0.290. The minimum Gasteiger partial charge on any atom is -0.493 e. The molecule has 7 heteroatoms. The maximum absolute atomic E-state index is 11.8. The molecule has 0 spiro atoms. The number of unbranched alkanes of at least 4 members (excludes halogenated alkanes) is 1. The first-order valence-corrected chi connectivity index (χ1v) is 11.2. The molecular formula is C23H35N3O4. The number of anilines is 1. The predicted octanol–water partition coefficient (Wildman–Crippen LogP) is 3.58. The van der Waals surface area contributed by atoms with Crippen molar-refractivity contribution in [2.75, 3.05) is 38.2 Å². The van der Waals surface area contributed by atoms with E-state index in [4.69, 9.17) is 9.47 Å². The zero-order chi connectivity index (χ0) is 21.3. The monoisotopic (exact) mass is 417 g/mol. The van der Waals surface area contributed by atoms with E-state index in [2.05, 4.69) is 15.5 Å². The minimum absolute atomic E-state index is 0.0751. The fourth-order valence-corrected chi connectivity index (χ4v) is 3.90. The van der Waals surface area contributed by atoms with Gasteiger partial charge in [0.25, 0.3) is 0 Å². The highest BCUT2D eigenvalue weighted by Gasteiger charge is 2.21. The maximum atomic E-state index is 11.8. The molecule has 1 aromatic carbocycles. The van der Waals surface area contributed by atoms with Crippen LogP contribution in [0.2, 0.25) is 0 Å². The normalized spacial score (nSPS) is 17.4. The summed E-state index contributed by atoms with van der Waals surface area (Å²) in [7, 11) is 0. The van der Waals surface area contributed by atoms with Crippen molar-refractivity contribution in [1.82, 2.24) is 10.2 Å². The van der Waals surface area contributed by atoms with Crippen LogP contribution in [0.3, 0.4) is 0 Å². The molecule has 0 unspecified atom stereocenters. The molecule has 30 heavy (non-hydrogen) atoms. The third-order valence-electron chi connectivity index (χ3n) is 5.59. The van der Waals surface area contributed by atoms with Crippen LogP contribution in [0.15, 0.2) is 18.2 Å². The van der Waals surface area contributed by atoms with Gasteiger partial charge in [-0.15, -0.1) is 0 Å². The van der Waals surface area contributed by atoms with Crippen LogP contribution in [0.1, 0.15) is 51.5 Å². The molecule has 2 amide bonds. The summed E-state index contributed by atoms with van der Waals surface area (Å²) >= 11 is 0. The van der Waals surface area contributed by atoms with Gasteiger partial charge in [-0.1, -0.05) is 19.9 Å². The van der Waals surface area contributed by atoms with E-state index in [1.807, 2.05) is 32.0 Å². The van der Waals surface area contributed by atoms with Crippen molar-refractivity contribution in [1.29, 1.82) is 0 Å². The van der Waals surface area contributed by atoms with E-state index in [1.54, 1.807) is 0 Å². The van der Waals surface area contributed by atoms with Crippen molar-refractivity contribution in [3.63, 3.8) is 0 Å². The van der Waals surface area contributed by atoms with Crippen molar-refractivity contribution < 1.29 is 19.1 Å². The van der Waals surface area contributed by atoms with Crippen molar-refractivity contribution in [2.45, 2.75) is 58.4 Å². The number of likely N-dealkylation sites (tertiary alicyclic amines) is 1. The first-order chi connectivity index (χ1) is 14.5. The Morgan fingerprint density at radius 3 is 2.80 bits per heavy atom. The Morgan fingerprint density at radius 1 is 1.23 bits per heavy atom. The predicted molar refractivity (Wildman–Crippen MR) is 117 cm³/mol. The summed E-state index contributed by atoms with van der Waals surface area (Å²) in [6.07, 6.45) is 4.99. The molecule has 0 bridgehead atoms. The second kappa shape index (κ2) is 11.2. The lowest BCUT2D eigenvalue weighted by Crippen LogP contribution is -2.45. The molecule has 1 aromatic rings. The summed E-state index contributed by atoms with van der Waals surface area (Å²) in [6.45, 7) is 8.27. The molecule has 1 fully saturated rings. The van der Waals surface area contributed by atoms with E-state index in [0.29, 0.717) is 25.6 Å². The summed E-state index contributed by atoms with van der Waals surface area (Å²) in [6, 6.07) is 6.06. The Morgan fingerprint density at radius 2 is 2.03 bits per heavy atom. The van der Waals surface area contributed by atoms with Crippen LogP contribution in [-0.2, 0) is 16.0 Å². The number of piperidine rings is 1. The lowest BCUT2D eigenvalue weighted by molar-refractivity contribution is -0.116. The van der Waals surface area contributed by atoms with Crippen molar-refractivity contribution in [3.8, 4) is 5.75 Å². The largest absolute Gasteiger partial charge is 0.493 e. The number of carbonyl (C=O) groups is 2. The Bertz CT molecular complexity index is 714. The highest BCUT2D eigenvalue weighted by molar-refractivity contribution is 5.94. The lowest BCUT2D eigenvalue weighted by atomic mass is 10.0. The number of rotatable bonds is 9. The van der Waals surface area contributed by atoms with E-state index in [0.717, 1.165) is 68.7 Å². The molecule has 1 saturated heterocycles. The number of amides is 2. The smallest absolute Gasteiger partial charge is 0.407 e. The standard InChI is InChI=1S/C23H35N3O4/c1-17(2)16-30-23(28)24-18-10-13-26(14-11-18)12-3-4-15-29-21-7-5-6-20-19(21)8-9-22(27)25-20/h5-7,17-18H,3-4,8-16H2,1-2H3,(H,24,28)(H,25,27). The summed E-state index contributed by atoms with van der Waals surface area (Å²) in [5, 5.41) is 5.90. The summed E-state index contributed by atoms with van der Waals surface area (Å²) in [5.41, 5.74) is 1.99. The van der Waals surface area contributed by atoms with Gasteiger partial charge in [0.15, 0.2) is 0 Å². The number of nitrogens with one attached hydrogen (secondary N) is 2. The summed E-state index contributed by atoms with van der Waals surface area (Å²) in [4.78, 5) is 25.8. The SMILES string of the molecule is CC(C)COC(=O)NC1CCN(CCCCOc2cccc3c2CCC(=O)N3)CC1. The number of benzene rings is 1. The van der Waals surface area contributed by atoms with Crippen LogP contribution in [-0.4, -0.2) is 55.8 Å². The van der Waals surface area contributed by atoms with Crippen LogP contribution in [0.5, 0.6) is 5.75 Å². The van der Waals surface area contributed by atoms with Gasteiger partial charge in [0.05, 0.1) is 13.2 Å². The van der Waals surface area contributed by atoms with Gasteiger partial charge in [-0.25, -0.2) is 4.79 Å². The highest BCUT2D eigenvalue weighted by atomic mass is 16.5. The van der Waals surface area contributed by atoms with Gasteiger partial charge in [-0.2, -0.15) is 0 Å². The molecule has 0 radical (unpaired) electrons. The van der Waals surface area contributed by atoms with Crippen molar-refractivity contribution >= 4 is 17.7 Å². The molecule has 2 aliphatic heterocycles. The third kappa shape index (κ3) is 6.90. The fourth-order valence-electron chi connectivity index (χ4n) is 3.90. The summed E-state index contributed by atoms with van der Waals surface area (Å²) in [5.74, 6) is 1.32. The molecule has 166 valence electrons. The number of hydrogen-bond donors (Lipinski definition) is 2. The van der Waals surface area contributed by atoms with E-state index >= 15 is 0 Å². The van der Waals surface area contributed by atoms with Gasteiger partial charge in [-0.05, 0) is 56.7 Å². The van der Waals surface area contributed by atoms with Crippen LogP contribution < -0.4 is 15.4 Å². The average molecular weight is 418 g/mol. The van der Waals surface area contributed by atoms with Gasteiger partial charge < -0.3 is 25.0 Å². The van der Waals surface area contributed by atoms with Crippen LogP contribution in [0.4, 0.5) is 10.5 Å². The maximum Gasteiger partial charge on any atom is 0.407 e. The molecule has 0 aliphatic carbocycles. The molecule has 3 rings (SSSR count). The van der Waals surface area contributed by atoms with Gasteiger partial charge in [-0.3, -0.25) is 4.79 Å². The Hall–Kier alpha value is -2.28. The van der Waals surface area contributed by atoms with Crippen LogP contribution >= 0.6 is 0 Å². The van der Waals surface area contributed by atoms with E-state index in [1.165, 1.54) is 0 Å². The molecular weight excluding hydrogens is 382 g/mol. The van der Waals surface area contributed by atoms with E-state index < -0.39 is 0 Å². The first-order valence-electron chi connectivity index (χ1n) is 11.2. The molecule has 2 heterocycles. The molecule has 2 N–H and O–H groups in total. The zero-order valence-corrected chi connectivity index (χ0v) is 18.2. The highest BCUT2D eigenvalue weighted by Crippen LogP contribution is 2.31. The summed E-state index contributed by atoms with van der Waals surface area (Å²) < 4.78 is 11.2. The van der Waals surface area contributed by atoms with Gasteiger partial charge in [0.1, 0.15) is 5.75 Å². The number of alkyl carbamates (subject to hydrolysis) is 1. The fraction of sp³-hybridized carbons (Fsp3) is 0.652. The lowest BCUT2D eigenvalue weighted by Gasteiger charge is -2.32. The number of ether oxygens (including phenoxy) is 2. The second-order valence-corrected chi connectivity index (χ2v) is 8.64. The third-order valence-corrected chi connectivity index (χ3v) is 5.59. The van der Waals surface area contributed by atoms with Gasteiger partial charge in [0.2, 0.25) is 5.91 Å². The van der Waals surface area contributed by atoms with Gasteiger partial charge in [0, 0.05) is 36.8 Å². The molecule has 2 aliphatic rings.